The lowest BCUT2D eigenvalue weighted by atomic mass is 9.93. The van der Waals surface area contributed by atoms with Gasteiger partial charge in [-0.3, -0.25) is 9.59 Å². The maximum absolute atomic E-state index is 13.0. The van der Waals surface area contributed by atoms with E-state index in [9.17, 15) is 19.5 Å². The number of nitrogens with one attached hydrogen (secondary N) is 1. The number of carboxylic acid groups (broad SMARTS) is 1. The molecule has 1 fully saturated rings. The fourth-order valence-corrected chi connectivity index (χ4v) is 5.58. The Labute approximate surface area is 212 Å². The van der Waals surface area contributed by atoms with Crippen molar-refractivity contribution in [2.75, 3.05) is 26.2 Å². The first-order valence-electron chi connectivity index (χ1n) is 12.9. The molecule has 1 saturated heterocycles. The molecule has 1 aliphatic heterocycles. The molecule has 7 nitrogen and oxygen atoms in total. The smallest absolute Gasteiger partial charge is 0.409 e. The van der Waals surface area contributed by atoms with Gasteiger partial charge in [-0.15, -0.1) is 0 Å². The third kappa shape index (κ3) is 6.07. The summed E-state index contributed by atoms with van der Waals surface area (Å²) in [5.74, 6) is -1.04. The molecule has 1 heterocycles. The third-order valence-corrected chi connectivity index (χ3v) is 7.22. The van der Waals surface area contributed by atoms with Crippen LogP contribution in [-0.4, -0.2) is 54.2 Å². The molecule has 0 spiro atoms. The number of amides is 2. The summed E-state index contributed by atoms with van der Waals surface area (Å²) in [5.41, 5.74) is 4.70. The highest BCUT2D eigenvalue weighted by Gasteiger charge is 2.32. The van der Waals surface area contributed by atoms with Crippen molar-refractivity contribution in [2.45, 2.75) is 45.4 Å². The van der Waals surface area contributed by atoms with E-state index in [-0.39, 0.29) is 36.7 Å². The Kier molecular flexibility index (Phi) is 8.28. The van der Waals surface area contributed by atoms with Gasteiger partial charge in [0.05, 0.1) is 5.92 Å². The molecular weight excluding hydrogens is 456 g/mol. The predicted molar refractivity (Wildman–Crippen MR) is 138 cm³/mol. The van der Waals surface area contributed by atoms with Crippen LogP contribution in [0.25, 0.3) is 11.1 Å². The zero-order valence-corrected chi connectivity index (χ0v) is 21.1. The minimum atomic E-state index is -0.853. The fraction of sp³-hybridized carbons (Fsp3) is 0.483. The van der Waals surface area contributed by atoms with Gasteiger partial charge in [0.15, 0.2) is 0 Å². The Balaban J connectivity index is 1.32. The van der Waals surface area contributed by atoms with Crippen LogP contribution < -0.4 is 5.32 Å². The lowest BCUT2D eigenvalue weighted by Crippen LogP contribution is -2.46. The molecule has 4 rings (SSSR count). The lowest BCUT2D eigenvalue weighted by molar-refractivity contribution is -0.138. The van der Waals surface area contributed by atoms with E-state index in [2.05, 4.69) is 29.6 Å². The third-order valence-electron chi connectivity index (χ3n) is 7.22. The molecule has 2 amide bonds. The Bertz CT molecular complexity index is 1050. The summed E-state index contributed by atoms with van der Waals surface area (Å²) in [6.07, 6.45) is 1.82. The van der Waals surface area contributed by atoms with Crippen molar-refractivity contribution in [1.82, 2.24) is 10.2 Å². The van der Waals surface area contributed by atoms with Crippen LogP contribution in [0.2, 0.25) is 0 Å². The van der Waals surface area contributed by atoms with E-state index in [0.29, 0.717) is 32.0 Å². The summed E-state index contributed by atoms with van der Waals surface area (Å²) in [6, 6.07) is 16.5. The Morgan fingerprint density at radius 3 is 2.31 bits per heavy atom. The van der Waals surface area contributed by atoms with Gasteiger partial charge in [-0.1, -0.05) is 62.4 Å². The SMILES string of the molecule is CC(C)C[C@H](CNC(=O)C1CCCN(C(=O)OCC2c3ccccc3-c3ccccc32)C1)CC(=O)O. The number of piperidine rings is 1. The number of nitrogens with zero attached hydrogens (tertiary/aromatic N) is 1. The van der Waals surface area contributed by atoms with Crippen LogP contribution in [0.1, 0.15) is 56.6 Å². The average molecular weight is 493 g/mol. The molecule has 0 saturated carbocycles. The monoisotopic (exact) mass is 492 g/mol. The van der Waals surface area contributed by atoms with E-state index in [1.807, 2.05) is 38.1 Å². The van der Waals surface area contributed by atoms with Gasteiger partial charge in [0.1, 0.15) is 6.61 Å². The normalized spacial score (nSPS) is 17.9. The topological polar surface area (TPSA) is 95.9 Å². The first-order chi connectivity index (χ1) is 17.3. The predicted octanol–water partition coefficient (Wildman–Crippen LogP) is 4.90. The summed E-state index contributed by atoms with van der Waals surface area (Å²) in [6.45, 7) is 5.57. The summed E-state index contributed by atoms with van der Waals surface area (Å²) in [7, 11) is 0. The molecule has 2 aromatic rings. The van der Waals surface area contributed by atoms with Gasteiger partial charge >= 0.3 is 12.1 Å². The highest BCUT2D eigenvalue weighted by molar-refractivity contribution is 5.81. The molecule has 2 N–H and O–H groups in total. The fourth-order valence-electron chi connectivity index (χ4n) is 5.58. The quantitative estimate of drug-likeness (QED) is 0.519. The number of carbonyl (C=O) groups is 3. The summed E-state index contributed by atoms with van der Waals surface area (Å²) in [4.78, 5) is 38.6. The summed E-state index contributed by atoms with van der Waals surface area (Å²) >= 11 is 0. The molecule has 2 aliphatic rings. The molecule has 1 aliphatic carbocycles. The summed E-state index contributed by atoms with van der Waals surface area (Å²) < 4.78 is 5.78. The number of ether oxygens (including phenoxy) is 1. The zero-order valence-electron chi connectivity index (χ0n) is 21.1. The van der Waals surface area contributed by atoms with Crippen LogP contribution in [0, 0.1) is 17.8 Å². The van der Waals surface area contributed by atoms with E-state index in [4.69, 9.17) is 4.74 Å². The van der Waals surface area contributed by atoms with E-state index in [0.717, 1.165) is 12.8 Å². The molecule has 0 bridgehead atoms. The van der Waals surface area contributed by atoms with Crippen LogP contribution in [0.5, 0.6) is 0 Å². The maximum atomic E-state index is 13.0. The zero-order chi connectivity index (χ0) is 25.7. The standard InChI is InChI=1S/C29H36N2O5/c1-19(2)14-20(15-27(32)33)16-30-28(34)21-8-7-13-31(17-21)29(35)36-18-26-24-11-5-3-9-22(24)23-10-4-6-12-25(23)26/h3-6,9-12,19-21,26H,7-8,13-18H2,1-2H3,(H,30,34)(H,32,33)/t20-,21?/m0/s1. The van der Waals surface area contributed by atoms with Gasteiger partial charge in [-0.05, 0) is 53.4 Å². The molecule has 7 heteroatoms. The first kappa shape index (κ1) is 25.7. The lowest BCUT2D eigenvalue weighted by Gasteiger charge is -2.32. The van der Waals surface area contributed by atoms with Gasteiger partial charge < -0.3 is 20.1 Å². The van der Waals surface area contributed by atoms with Crippen molar-refractivity contribution in [3.05, 3.63) is 59.7 Å². The van der Waals surface area contributed by atoms with E-state index in [1.54, 1.807) is 4.90 Å². The molecule has 1 unspecified atom stereocenters. The number of carbonyl (C=O) groups excluding carboxylic acids is 2. The van der Waals surface area contributed by atoms with Gasteiger partial charge in [0, 0.05) is 32.0 Å². The number of aliphatic carboxylic acids is 1. The molecular formula is C29H36N2O5. The van der Waals surface area contributed by atoms with Gasteiger partial charge in [0.25, 0.3) is 0 Å². The first-order valence-corrected chi connectivity index (χ1v) is 12.9. The highest BCUT2D eigenvalue weighted by Crippen LogP contribution is 2.44. The van der Waals surface area contributed by atoms with Crippen LogP contribution in [0.3, 0.4) is 0 Å². The second-order valence-corrected chi connectivity index (χ2v) is 10.4. The van der Waals surface area contributed by atoms with Crippen LogP contribution in [0.15, 0.2) is 48.5 Å². The number of carboxylic acids is 1. The second-order valence-electron chi connectivity index (χ2n) is 10.4. The average Bonchev–Trinajstić information content (AvgIpc) is 3.18. The second kappa shape index (κ2) is 11.6. The molecule has 0 aromatic heterocycles. The molecule has 2 atom stereocenters. The molecule has 192 valence electrons. The van der Waals surface area contributed by atoms with Crippen molar-refractivity contribution in [1.29, 1.82) is 0 Å². The van der Waals surface area contributed by atoms with Gasteiger partial charge in [-0.25, -0.2) is 4.79 Å². The Morgan fingerprint density at radius 2 is 1.69 bits per heavy atom. The van der Waals surface area contributed by atoms with Crippen molar-refractivity contribution < 1.29 is 24.2 Å². The van der Waals surface area contributed by atoms with Crippen molar-refractivity contribution in [2.24, 2.45) is 17.8 Å². The van der Waals surface area contributed by atoms with Crippen LogP contribution >= 0.6 is 0 Å². The highest BCUT2D eigenvalue weighted by atomic mass is 16.6. The molecule has 36 heavy (non-hydrogen) atoms. The number of hydrogen-bond acceptors (Lipinski definition) is 4. The van der Waals surface area contributed by atoms with E-state index in [1.165, 1.54) is 22.3 Å². The van der Waals surface area contributed by atoms with Crippen molar-refractivity contribution in [3.63, 3.8) is 0 Å². The maximum Gasteiger partial charge on any atom is 0.409 e. The van der Waals surface area contributed by atoms with Crippen molar-refractivity contribution in [3.8, 4) is 11.1 Å². The largest absolute Gasteiger partial charge is 0.481 e. The number of benzene rings is 2. The van der Waals surface area contributed by atoms with Gasteiger partial charge in [-0.2, -0.15) is 0 Å². The Hall–Kier alpha value is -3.35. The molecule has 0 radical (unpaired) electrons. The van der Waals surface area contributed by atoms with Gasteiger partial charge in [0.2, 0.25) is 5.91 Å². The minimum Gasteiger partial charge on any atom is -0.481 e. The Morgan fingerprint density at radius 1 is 1.06 bits per heavy atom. The van der Waals surface area contributed by atoms with Crippen molar-refractivity contribution >= 4 is 18.0 Å². The van der Waals surface area contributed by atoms with E-state index < -0.39 is 12.1 Å². The summed E-state index contributed by atoms with van der Waals surface area (Å²) in [5, 5.41) is 12.1. The number of likely N-dealkylation sites (tertiary alicyclic amines) is 1. The van der Waals surface area contributed by atoms with E-state index >= 15 is 0 Å². The number of hydrogen-bond donors (Lipinski definition) is 2. The molecule has 2 aromatic carbocycles. The van der Waals surface area contributed by atoms with Crippen LogP contribution in [0.4, 0.5) is 4.79 Å². The number of fused-ring (bicyclic) bond motifs is 3. The van der Waals surface area contributed by atoms with Crippen LogP contribution in [-0.2, 0) is 14.3 Å². The minimum absolute atomic E-state index is 0.00244. The number of rotatable bonds is 9.